The maximum absolute atomic E-state index is 7.26. The van der Waals surface area contributed by atoms with E-state index in [0.717, 1.165) is 11.0 Å². The summed E-state index contributed by atoms with van der Waals surface area (Å²) >= 11 is 7.26. The molecule has 4 heteroatoms. The van der Waals surface area contributed by atoms with Crippen molar-refractivity contribution in [1.82, 2.24) is 8.68 Å². The van der Waals surface area contributed by atoms with Gasteiger partial charge in [0.1, 0.15) is 0 Å². The molecule has 0 aliphatic heterocycles. The number of halogens is 1. The Bertz CT molecular complexity index is 1590. The lowest BCUT2D eigenvalue weighted by Crippen LogP contribution is -1.95. The lowest BCUT2D eigenvalue weighted by atomic mass is 10.00. The van der Waals surface area contributed by atoms with Gasteiger partial charge >= 0.3 is 0 Å². The van der Waals surface area contributed by atoms with Crippen molar-refractivity contribution in [3.63, 3.8) is 0 Å². The maximum atomic E-state index is 7.26. The number of rotatable bonds is 4. The van der Waals surface area contributed by atoms with Crippen LogP contribution in [0, 0.1) is 27.7 Å². The molecule has 0 spiro atoms. The second kappa shape index (κ2) is 8.96. The van der Waals surface area contributed by atoms with Crippen molar-refractivity contribution in [3.8, 4) is 22.3 Å². The lowest BCUT2D eigenvalue weighted by molar-refractivity contribution is 1.22. The fourth-order valence-electron chi connectivity index (χ4n) is 5.26. The summed E-state index contributed by atoms with van der Waals surface area (Å²) < 4.78 is 4.45. The normalized spacial score (nSPS) is 11.7. The Morgan fingerprint density at radius 3 is 1.25 bits per heavy atom. The summed E-state index contributed by atoms with van der Waals surface area (Å²) in [6.45, 7) is 8.61. The van der Waals surface area contributed by atoms with Crippen LogP contribution in [0.3, 0.4) is 0 Å². The van der Waals surface area contributed by atoms with E-state index in [9.17, 15) is 0 Å². The SMILES string of the molecule is Cc1cc(C)cc(-c2ccc3ccn(P(Cl)n4ccc5ccc(-c6cc(C)cc(C)c6)cc54)c3c2)c1. The zero-order valence-electron chi connectivity index (χ0n) is 21.0. The van der Waals surface area contributed by atoms with Crippen molar-refractivity contribution >= 4 is 40.6 Å². The Hall–Kier alpha value is -3.32. The minimum absolute atomic E-state index is 1.15. The van der Waals surface area contributed by atoms with E-state index in [1.165, 1.54) is 55.3 Å². The zero-order chi connectivity index (χ0) is 25.0. The lowest BCUT2D eigenvalue weighted by Gasteiger charge is -2.16. The number of hydrogen-bond acceptors (Lipinski definition) is 0. The van der Waals surface area contributed by atoms with Gasteiger partial charge in [0.25, 0.3) is 0 Å². The third-order valence-corrected chi connectivity index (χ3v) is 9.20. The largest absolute Gasteiger partial charge is 0.296 e. The summed E-state index contributed by atoms with van der Waals surface area (Å²) in [5, 5.41) is 2.40. The van der Waals surface area contributed by atoms with Crippen molar-refractivity contribution in [1.29, 1.82) is 0 Å². The molecule has 2 nitrogen and oxygen atoms in total. The van der Waals surface area contributed by atoms with Crippen molar-refractivity contribution in [3.05, 3.63) is 120 Å². The van der Waals surface area contributed by atoms with Crippen LogP contribution in [0.1, 0.15) is 22.3 Å². The van der Waals surface area contributed by atoms with Crippen LogP contribution in [-0.2, 0) is 0 Å². The highest BCUT2D eigenvalue weighted by atomic mass is 35.7. The van der Waals surface area contributed by atoms with E-state index < -0.39 is 7.58 Å². The Kier molecular flexibility index (Phi) is 5.75. The van der Waals surface area contributed by atoms with Gasteiger partial charge in [-0.3, -0.25) is 8.68 Å². The number of benzene rings is 4. The van der Waals surface area contributed by atoms with Gasteiger partial charge in [0.05, 0.1) is 11.0 Å². The van der Waals surface area contributed by atoms with Crippen LogP contribution < -0.4 is 0 Å². The van der Waals surface area contributed by atoms with Gasteiger partial charge in [0, 0.05) is 12.4 Å². The number of nitrogens with zero attached hydrogens (tertiary/aromatic N) is 2. The molecule has 0 saturated carbocycles. The molecule has 6 aromatic rings. The van der Waals surface area contributed by atoms with Gasteiger partial charge in [0.2, 0.25) is 7.58 Å². The monoisotopic (exact) mass is 506 g/mol. The molecular weight excluding hydrogens is 479 g/mol. The third kappa shape index (κ3) is 4.15. The third-order valence-electron chi connectivity index (χ3n) is 6.81. The van der Waals surface area contributed by atoms with Crippen molar-refractivity contribution < 1.29 is 0 Å². The molecule has 178 valence electrons. The molecule has 2 heterocycles. The Labute approximate surface area is 218 Å². The first-order valence-electron chi connectivity index (χ1n) is 12.2. The van der Waals surface area contributed by atoms with E-state index in [-0.39, 0.29) is 0 Å². The molecule has 0 bridgehead atoms. The molecular formula is C32H28ClN2P. The molecule has 0 amide bonds. The van der Waals surface area contributed by atoms with E-state index in [1.807, 2.05) is 0 Å². The van der Waals surface area contributed by atoms with Crippen molar-refractivity contribution in [2.45, 2.75) is 27.7 Å². The van der Waals surface area contributed by atoms with Gasteiger partial charge in [-0.1, -0.05) is 82.9 Å². The first-order valence-corrected chi connectivity index (χ1v) is 14.4. The van der Waals surface area contributed by atoms with Gasteiger partial charge in [-0.15, -0.1) is 0 Å². The highest BCUT2D eigenvalue weighted by Gasteiger charge is 2.17. The van der Waals surface area contributed by atoms with Gasteiger partial charge in [0.15, 0.2) is 0 Å². The number of fused-ring (bicyclic) bond motifs is 2. The van der Waals surface area contributed by atoms with Gasteiger partial charge < -0.3 is 0 Å². The first kappa shape index (κ1) is 23.1. The van der Waals surface area contributed by atoms with Gasteiger partial charge in [-0.05, 0) is 96.2 Å². The topological polar surface area (TPSA) is 9.86 Å². The summed E-state index contributed by atoms with van der Waals surface area (Å²) in [5.74, 6) is 0. The average Bonchev–Trinajstić information content (AvgIpc) is 3.46. The molecule has 0 unspecified atom stereocenters. The molecule has 0 atom stereocenters. The molecule has 0 radical (unpaired) electrons. The van der Waals surface area contributed by atoms with Crippen LogP contribution in [0.2, 0.25) is 0 Å². The van der Waals surface area contributed by atoms with Crippen LogP contribution in [0.5, 0.6) is 0 Å². The molecule has 4 aromatic carbocycles. The molecule has 0 aliphatic carbocycles. The van der Waals surface area contributed by atoms with Gasteiger partial charge in [-0.2, -0.15) is 0 Å². The van der Waals surface area contributed by atoms with E-state index >= 15 is 0 Å². The second-order valence-corrected chi connectivity index (χ2v) is 12.1. The molecule has 6 rings (SSSR count). The summed E-state index contributed by atoms with van der Waals surface area (Å²) in [4.78, 5) is 0. The van der Waals surface area contributed by atoms with Crippen LogP contribution >= 0.6 is 18.8 Å². The van der Waals surface area contributed by atoms with Crippen LogP contribution in [-0.4, -0.2) is 8.68 Å². The predicted octanol–water partition coefficient (Wildman–Crippen LogP) is 10.0. The minimum atomic E-state index is -1.18. The number of aryl methyl sites for hydroxylation is 4. The van der Waals surface area contributed by atoms with E-state index in [4.69, 9.17) is 11.2 Å². The maximum Gasteiger partial charge on any atom is 0.206 e. The summed E-state index contributed by atoms with van der Waals surface area (Å²) in [6, 6.07) is 31.1. The molecule has 36 heavy (non-hydrogen) atoms. The summed E-state index contributed by atoms with van der Waals surface area (Å²) in [5.41, 5.74) is 12.3. The number of aromatic nitrogens is 2. The van der Waals surface area contributed by atoms with Crippen LogP contribution in [0.15, 0.2) is 97.3 Å². The summed E-state index contributed by atoms with van der Waals surface area (Å²) in [6.07, 6.45) is 4.24. The highest BCUT2D eigenvalue weighted by molar-refractivity contribution is 7.81. The number of hydrogen-bond donors (Lipinski definition) is 0. The fourth-order valence-corrected chi connectivity index (χ4v) is 7.32. The summed E-state index contributed by atoms with van der Waals surface area (Å²) in [7, 11) is -1.18. The predicted molar refractivity (Wildman–Crippen MR) is 157 cm³/mol. The second-order valence-electron chi connectivity index (χ2n) is 9.86. The standard InChI is InChI=1S/C32H28ClN2P/c1-21-13-22(2)16-29(15-21)27-7-5-25-9-11-34(31(25)19-27)36(33)35-12-10-26-6-8-28(20-32(26)35)30-17-23(3)14-24(4)18-30/h5-20H,1-4H3. The first-order chi connectivity index (χ1) is 17.4. The van der Waals surface area contributed by atoms with E-state index in [2.05, 4.69) is 134 Å². The van der Waals surface area contributed by atoms with Crippen LogP contribution in [0.4, 0.5) is 0 Å². The Morgan fingerprint density at radius 1 is 0.472 bits per heavy atom. The highest BCUT2D eigenvalue weighted by Crippen LogP contribution is 2.49. The molecule has 0 saturated heterocycles. The Balaban J connectivity index is 1.44. The smallest absolute Gasteiger partial charge is 0.206 e. The Morgan fingerprint density at radius 2 is 0.861 bits per heavy atom. The molecule has 0 aliphatic rings. The van der Waals surface area contributed by atoms with E-state index in [1.54, 1.807) is 0 Å². The molecule has 0 fully saturated rings. The molecule has 0 N–H and O–H groups in total. The van der Waals surface area contributed by atoms with Gasteiger partial charge in [-0.25, -0.2) is 0 Å². The average molecular weight is 507 g/mol. The minimum Gasteiger partial charge on any atom is -0.296 e. The fraction of sp³-hybridized carbons (Fsp3) is 0.125. The van der Waals surface area contributed by atoms with Crippen molar-refractivity contribution in [2.24, 2.45) is 0 Å². The van der Waals surface area contributed by atoms with Crippen molar-refractivity contribution in [2.75, 3.05) is 0 Å². The zero-order valence-corrected chi connectivity index (χ0v) is 22.6. The van der Waals surface area contributed by atoms with E-state index in [0.29, 0.717) is 0 Å². The molecule has 2 aromatic heterocycles. The van der Waals surface area contributed by atoms with Crippen LogP contribution in [0.25, 0.3) is 44.1 Å². The quantitative estimate of drug-likeness (QED) is 0.210.